The Morgan fingerprint density at radius 1 is 1.31 bits per heavy atom. The third-order valence-electron chi connectivity index (χ3n) is 3.30. The monoisotopic (exact) mass is 185 g/mol. The molecule has 0 atom stereocenters. The Morgan fingerprint density at radius 2 is 1.92 bits per heavy atom. The van der Waals surface area contributed by atoms with Crippen molar-refractivity contribution < 1.29 is 4.74 Å². The smallest absolute Gasteiger partial charge is 0.0804 e. The van der Waals surface area contributed by atoms with Crippen LogP contribution in [0.15, 0.2) is 0 Å². The van der Waals surface area contributed by atoms with E-state index in [2.05, 4.69) is 32.6 Å². The molecule has 1 aliphatic heterocycles. The van der Waals surface area contributed by atoms with Crippen molar-refractivity contribution in [2.24, 2.45) is 0 Å². The van der Waals surface area contributed by atoms with Gasteiger partial charge in [-0.3, -0.25) is 4.90 Å². The van der Waals surface area contributed by atoms with Gasteiger partial charge >= 0.3 is 0 Å². The Labute approximate surface area is 82.3 Å². The number of hydrogen-bond acceptors (Lipinski definition) is 2. The number of nitrogens with zero attached hydrogens (tertiary/aromatic N) is 1. The molecule has 0 bridgehead atoms. The standard InChI is InChI=1S/C11H23NO/c1-5-11(6-2)9-12(10(3)4)7-8-13-11/h10H,5-9H2,1-4H3. The summed E-state index contributed by atoms with van der Waals surface area (Å²) in [5.41, 5.74) is 0.141. The second-order valence-electron chi connectivity index (χ2n) is 4.30. The Kier molecular flexibility index (Phi) is 3.74. The van der Waals surface area contributed by atoms with Crippen LogP contribution in [-0.4, -0.2) is 36.2 Å². The maximum atomic E-state index is 5.90. The zero-order valence-corrected chi connectivity index (χ0v) is 9.47. The zero-order valence-electron chi connectivity index (χ0n) is 9.47. The van der Waals surface area contributed by atoms with Gasteiger partial charge in [0.25, 0.3) is 0 Å². The van der Waals surface area contributed by atoms with Gasteiger partial charge in [0, 0.05) is 19.1 Å². The lowest BCUT2D eigenvalue weighted by molar-refractivity contribution is -0.119. The molecule has 0 aromatic rings. The van der Waals surface area contributed by atoms with Crippen LogP contribution in [0.5, 0.6) is 0 Å². The lowest BCUT2D eigenvalue weighted by atomic mass is 9.94. The number of hydrogen-bond donors (Lipinski definition) is 0. The van der Waals surface area contributed by atoms with Gasteiger partial charge in [0.05, 0.1) is 12.2 Å². The second-order valence-corrected chi connectivity index (χ2v) is 4.30. The van der Waals surface area contributed by atoms with Crippen LogP contribution < -0.4 is 0 Å². The zero-order chi connectivity index (χ0) is 9.90. The summed E-state index contributed by atoms with van der Waals surface area (Å²) in [5, 5.41) is 0. The molecule has 1 heterocycles. The van der Waals surface area contributed by atoms with E-state index in [4.69, 9.17) is 4.74 Å². The van der Waals surface area contributed by atoms with Crippen LogP contribution in [0.3, 0.4) is 0 Å². The summed E-state index contributed by atoms with van der Waals surface area (Å²) in [7, 11) is 0. The van der Waals surface area contributed by atoms with E-state index < -0.39 is 0 Å². The van der Waals surface area contributed by atoms with E-state index in [0.29, 0.717) is 6.04 Å². The molecule has 0 unspecified atom stereocenters. The predicted molar refractivity (Wildman–Crippen MR) is 56.0 cm³/mol. The highest BCUT2D eigenvalue weighted by molar-refractivity contribution is 4.86. The van der Waals surface area contributed by atoms with Crippen LogP contribution in [-0.2, 0) is 4.74 Å². The summed E-state index contributed by atoms with van der Waals surface area (Å²) in [4.78, 5) is 2.52. The fourth-order valence-electron chi connectivity index (χ4n) is 1.99. The van der Waals surface area contributed by atoms with Crippen molar-refractivity contribution in [1.82, 2.24) is 4.90 Å². The van der Waals surface area contributed by atoms with E-state index in [1.165, 1.54) is 0 Å². The minimum atomic E-state index is 0.141. The average Bonchev–Trinajstić information content (AvgIpc) is 2.18. The van der Waals surface area contributed by atoms with Gasteiger partial charge in [0.15, 0.2) is 0 Å². The molecule has 0 saturated carbocycles. The molecule has 0 aliphatic carbocycles. The van der Waals surface area contributed by atoms with E-state index in [9.17, 15) is 0 Å². The lowest BCUT2D eigenvalue weighted by Crippen LogP contribution is -2.53. The van der Waals surface area contributed by atoms with Crippen LogP contribution in [0, 0.1) is 0 Å². The summed E-state index contributed by atoms with van der Waals surface area (Å²) in [6.07, 6.45) is 2.26. The molecule has 0 aromatic carbocycles. The van der Waals surface area contributed by atoms with Crippen molar-refractivity contribution in [3.8, 4) is 0 Å². The molecule has 2 heteroatoms. The quantitative estimate of drug-likeness (QED) is 0.669. The van der Waals surface area contributed by atoms with Crippen molar-refractivity contribution in [2.75, 3.05) is 19.7 Å². The summed E-state index contributed by atoms with van der Waals surface area (Å²) < 4.78 is 5.90. The van der Waals surface area contributed by atoms with Crippen molar-refractivity contribution >= 4 is 0 Å². The average molecular weight is 185 g/mol. The van der Waals surface area contributed by atoms with E-state index in [1.54, 1.807) is 0 Å². The topological polar surface area (TPSA) is 12.5 Å². The molecular formula is C11H23NO. The third-order valence-corrected chi connectivity index (χ3v) is 3.30. The van der Waals surface area contributed by atoms with Gasteiger partial charge in [0.1, 0.15) is 0 Å². The number of morpholine rings is 1. The summed E-state index contributed by atoms with van der Waals surface area (Å²) in [5.74, 6) is 0. The lowest BCUT2D eigenvalue weighted by Gasteiger charge is -2.43. The first-order chi connectivity index (χ1) is 6.13. The molecule has 0 N–H and O–H groups in total. The Balaban J connectivity index is 2.58. The maximum absolute atomic E-state index is 5.90. The highest BCUT2D eigenvalue weighted by Gasteiger charge is 2.33. The van der Waals surface area contributed by atoms with Gasteiger partial charge in [-0.05, 0) is 26.7 Å². The molecule has 78 valence electrons. The first-order valence-electron chi connectivity index (χ1n) is 5.51. The van der Waals surface area contributed by atoms with E-state index in [-0.39, 0.29) is 5.60 Å². The van der Waals surface area contributed by atoms with Gasteiger partial charge < -0.3 is 4.74 Å². The molecule has 0 radical (unpaired) electrons. The van der Waals surface area contributed by atoms with Gasteiger partial charge in [-0.25, -0.2) is 0 Å². The third kappa shape index (κ3) is 2.44. The summed E-state index contributed by atoms with van der Waals surface area (Å²) in [6, 6.07) is 0.654. The Hall–Kier alpha value is -0.0800. The number of ether oxygens (including phenoxy) is 1. The van der Waals surface area contributed by atoms with Crippen LogP contribution in [0.2, 0.25) is 0 Å². The molecule has 1 saturated heterocycles. The molecule has 0 aromatic heterocycles. The van der Waals surface area contributed by atoms with Crippen molar-refractivity contribution in [3.05, 3.63) is 0 Å². The predicted octanol–water partition coefficient (Wildman–Crippen LogP) is 2.29. The normalized spacial score (nSPS) is 23.8. The molecule has 2 nitrogen and oxygen atoms in total. The number of rotatable bonds is 3. The minimum Gasteiger partial charge on any atom is -0.372 e. The van der Waals surface area contributed by atoms with Crippen LogP contribution in [0.25, 0.3) is 0 Å². The van der Waals surface area contributed by atoms with Crippen LogP contribution in [0.1, 0.15) is 40.5 Å². The van der Waals surface area contributed by atoms with Crippen molar-refractivity contribution in [3.63, 3.8) is 0 Å². The fourth-order valence-corrected chi connectivity index (χ4v) is 1.99. The maximum Gasteiger partial charge on any atom is 0.0804 e. The van der Waals surface area contributed by atoms with E-state index >= 15 is 0 Å². The first kappa shape index (κ1) is 11.0. The summed E-state index contributed by atoms with van der Waals surface area (Å²) in [6.45, 7) is 12.1. The molecule has 13 heavy (non-hydrogen) atoms. The fraction of sp³-hybridized carbons (Fsp3) is 1.00. The van der Waals surface area contributed by atoms with Crippen molar-refractivity contribution in [1.29, 1.82) is 0 Å². The van der Waals surface area contributed by atoms with Crippen LogP contribution in [0.4, 0.5) is 0 Å². The van der Waals surface area contributed by atoms with Gasteiger partial charge in [-0.1, -0.05) is 13.8 Å². The molecule has 1 rings (SSSR count). The minimum absolute atomic E-state index is 0.141. The van der Waals surface area contributed by atoms with E-state index in [0.717, 1.165) is 32.5 Å². The highest BCUT2D eigenvalue weighted by Crippen LogP contribution is 2.26. The SMILES string of the molecule is CCC1(CC)CN(C(C)C)CCO1. The van der Waals surface area contributed by atoms with Gasteiger partial charge in [-0.2, -0.15) is 0 Å². The van der Waals surface area contributed by atoms with E-state index in [1.807, 2.05) is 0 Å². The Bertz CT molecular complexity index is 152. The second kappa shape index (κ2) is 4.43. The molecular weight excluding hydrogens is 162 g/mol. The van der Waals surface area contributed by atoms with Gasteiger partial charge in [0.2, 0.25) is 0 Å². The molecule has 1 aliphatic rings. The van der Waals surface area contributed by atoms with Crippen LogP contribution >= 0.6 is 0 Å². The molecule has 0 spiro atoms. The molecule has 0 amide bonds. The highest BCUT2D eigenvalue weighted by atomic mass is 16.5. The largest absolute Gasteiger partial charge is 0.372 e. The summed E-state index contributed by atoms with van der Waals surface area (Å²) >= 11 is 0. The van der Waals surface area contributed by atoms with Crippen molar-refractivity contribution in [2.45, 2.75) is 52.2 Å². The van der Waals surface area contributed by atoms with Gasteiger partial charge in [-0.15, -0.1) is 0 Å². The molecule has 1 fully saturated rings. The Morgan fingerprint density at radius 3 is 2.38 bits per heavy atom. The first-order valence-corrected chi connectivity index (χ1v) is 5.51.